The topological polar surface area (TPSA) is 44.1 Å². The van der Waals surface area contributed by atoms with Crippen molar-refractivity contribution in [3.63, 3.8) is 0 Å². The molecule has 0 aliphatic rings. The van der Waals surface area contributed by atoms with E-state index >= 15 is 0 Å². The molecule has 0 saturated carbocycles. The van der Waals surface area contributed by atoms with Crippen molar-refractivity contribution in [2.75, 3.05) is 7.11 Å². The number of hydrogen-bond donors (Lipinski definition) is 0. The van der Waals surface area contributed by atoms with E-state index in [-0.39, 0.29) is 5.56 Å². The normalized spacial score (nSPS) is 10.7. The van der Waals surface area contributed by atoms with Crippen LogP contribution in [0.2, 0.25) is 5.02 Å². The number of methoxy groups -OCH3 is 1. The molecule has 6 heteroatoms. The summed E-state index contributed by atoms with van der Waals surface area (Å²) in [5.74, 6) is 1.26. The molecule has 0 unspecified atom stereocenters. The minimum atomic E-state index is -0.165. The van der Waals surface area contributed by atoms with Gasteiger partial charge in [0.1, 0.15) is 5.75 Å². The van der Waals surface area contributed by atoms with Crippen molar-refractivity contribution in [3.8, 4) is 11.4 Å². The lowest BCUT2D eigenvalue weighted by molar-refractivity contribution is 0.415. The lowest BCUT2D eigenvalue weighted by atomic mass is 10.2. The fourth-order valence-corrected chi connectivity index (χ4v) is 3.55. The second-order valence-electron chi connectivity index (χ2n) is 5.50. The summed E-state index contributed by atoms with van der Waals surface area (Å²) in [7, 11) is 1.56. The van der Waals surface area contributed by atoms with Crippen molar-refractivity contribution in [1.29, 1.82) is 0 Å². The predicted octanol–water partition coefficient (Wildman–Crippen LogP) is 4.50. The summed E-state index contributed by atoms with van der Waals surface area (Å²) in [6.07, 6.45) is 3.26. The Morgan fingerprint density at radius 1 is 1.24 bits per heavy atom. The van der Waals surface area contributed by atoms with Crippen LogP contribution in [0.25, 0.3) is 5.69 Å². The maximum atomic E-state index is 12.7. The minimum Gasteiger partial charge on any atom is -0.495 e. The van der Waals surface area contributed by atoms with Crippen molar-refractivity contribution in [3.05, 3.63) is 81.4 Å². The number of halogens is 1. The van der Waals surface area contributed by atoms with E-state index in [2.05, 4.69) is 24.0 Å². The van der Waals surface area contributed by atoms with Gasteiger partial charge in [0, 0.05) is 18.1 Å². The molecule has 0 radical (unpaired) electrons. The van der Waals surface area contributed by atoms with Crippen molar-refractivity contribution in [2.24, 2.45) is 0 Å². The smallest absolute Gasteiger partial charge is 0.287 e. The number of aromatic nitrogens is 2. The van der Waals surface area contributed by atoms with E-state index < -0.39 is 0 Å². The van der Waals surface area contributed by atoms with Gasteiger partial charge >= 0.3 is 0 Å². The Bertz CT molecular complexity index is 956. The average Bonchev–Trinajstić information content (AvgIpc) is 2.61. The molecule has 0 aliphatic carbocycles. The van der Waals surface area contributed by atoms with Gasteiger partial charge in [0.05, 0.1) is 17.8 Å². The van der Waals surface area contributed by atoms with E-state index in [9.17, 15) is 4.79 Å². The van der Waals surface area contributed by atoms with Crippen LogP contribution in [0.1, 0.15) is 11.1 Å². The molecule has 0 aliphatic heterocycles. The van der Waals surface area contributed by atoms with Crippen molar-refractivity contribution >= 4 is 23.4 Å². The van der Waals surface area contributed by atoms with Crippen LogP contribution < -0.4 is 10.3 Å². The summed E-state index contributed by atoms with van der Waals surface area (Å²) in [6.45, 7) is 2.05. The van der Waals surface area contributed by atoms with E-state index in [1.807, 2.05) is 12.1 Å². The van der Waals surface area contributed by atoms with Crippen LogP contribution in [0.15, 0.2) is 64.7 Å². The van der Waals surface area contributed by atoms with Gasteiger partial charge in [-0.3, -0.25) is 9.36 Å². The molecule has 4 nitrogen and oxygen atoms in total. The van der Waals surface area contributed by atoms with Crippen LogP contribution in [0.5, 0.6) is 5.75 Å². The largest absolute Gasteiger partial charge is 0.495 e. The highest BCUT2D eigenvalue weighted by Crippen LogP contribution is 2.26. The van der Waals surface area contributed by atoms with Crippen LogP contribution >= 0.6 is 23.4 Å². The van der Waals surface area contributed by atoms with Gasteiger partial charge in [0.2, 0.25) is 0 Å². The zero-order valence-electron chi connectivity index (χ0n) is 13.9. The SMILES string of the molecule is COc1ccc(-n2ccnc(SCc3cccc(C)c3)c2=O)cc1Cl. The Kier molecular flexibility index (Phi) is 5.46. The number of rotatable bonds is 5. The Morgan fingerprint density at radius 3 is 2.80 bits per heavy atom. The maximum Gasteiger partial charge on any atom is 0.287 e. The van der Waals surface area contributed by atoms with Crippen LogP contribution in [-0.4, -0.2) is 16.7 Å². The lowest BCUT2D eigenvalue weighted by Gasteiger charge is -2.10. The fraction of sp³-hybridized carbons (Fsp3) is 0.158. The van der Waals surface area contributed by atoms with Crippen molar-refractivity contribution in [2.45, 2.75) is 17.7 Å². The molecule has 2 aromatic carbocycles. The second kappa shape index (κ2) is 7.76. The van der Waals surface area contributed by atoms with Gasteiger partial charge in [-0.15, -0.1) is 0 Å². The molecular weight excluding hydrogens is 356 g/mol. The van der Waals surface area contributed by atoms with E-state index in [1.54, 1.807) is 37.7 Å². The van der Waals surface area contributed by atoms with Crippen molar-refractivity contribution < 1.29 is 4.74 Å². The summed E-state index contributed by atoms with van der Waals surface area (Å²) in [4.78, 5) is 17.0. The average molecular weight is 373 g/mol. The first kappa shape index (κ1) is 17.6. The molecule has 0 N–H and O–H groups in total. The van der Waals surface area contributed by atoms with Gasteiger partial charge in [0.15, 0.2) is 5.03 Å². The molecule has 0 saturated heterocycles. The van der Waals surface area contributed by atoms with E-state index in [0.29, 0.717) is 27.2 Å². The Morgan fingerprint density at radius 2 is 2.08 bits per heavy atom. The molecular formula is C19H17ClN2O2S. The van der Waals surface area contributed by atoms with Gasteiger partial charge in [-0.25, -0.2) is 4.98 Å². The predicted molar refractivity (Wildman–Crippen MR) is 102 cm³/mol. The lowest BCUT2D eigenvalue weighted by Crippen LogP contribution is -2.20. The first-order valence-electron chi connectivity index (χ1n) is 7.68. The maximum absolute atomic E-state index is 12.7. The summed E-state index contributed by atoms with van der Waals surface area (Å²) < 4.78 is 6.69. The highest BCUT2D eigenvalue weighted by Gasteiger charge is 2.09. The van der Waals surface area contributed by atoms with E-state index in [0.717, 1.165) is 5.56 Å². The number of aryl methyl sites for hydroxylation is 1. The Labute approximate surface area is 155 Å². The summed E-state index contributed by atoms with van der Waals surface area (Å²) in [6, 6.07) is 13.5. The Balaban J connectivity index is 1.87. The third-order valence-electron chi connectivity index (χ3n) is 3.68. The van der Waals surface area contributed by atoms with Gasteiger partial charge in [-0.05, 0) is 30.7 Å². The molecule has 0 bridgehead atoms. The first-order chi connectivity index (χ1) is 12.1. The second-order valence-corrected chi connectivity index (χ2v) is 6.88. The summed E-state index contributed by atoms with van der Waals surface area (Å²) in [5.41, 5.74) is 2.87. The van der Waals surface area contributed by atoms with Gasteiger partial charge in [-0.1, -0.05) is 53.2 Å². The zero-order valence-corrected chi connectivity index (χ0v) is 15.5. The molecule has 128 valence electrons. The van der Waals surface area contributed by atoms with Crippen LogP contribution in [0.4, 0.5) is 0 Å². The van der Waals surface area contributed by atoms with Gasteiger partial charge in [-0.2, -0.15) is 0 Å². The number of ether oxygens (including phenoxy) is 1. The molecule has 0 fully saturated rings. The molecule has 1 aromatic heterocycles. The van der Waals surface area contributed by atoms with Crippen molar-refractivity contribution in [1.82, 2.24) is 9.55 Å². The standard InChI is InChI=1S/C19H17ClN2O2S/c1-13-4-3-5-14(10-13)12-25-18-19(23)22(9-8-21-18)15-6-7-17(24-2)16(20)11-15/h3-11H,12H2,1-2H3. The fourth-order valence-electron chi connectivity index (χ4n) is 2.45. The molecule has 0 spiro atoms. The first-order valence-corrected chi connectivity index (χ1v) is 9.05. The van der Waals surface area contributed by atoms with Crippen LogP contribution in [0.3, 0.4) is 0 Å². The van der Waals surface area contributed by atoms with Gasteiger partial charge < -0.3 is 4.74 Å². The number of benzene rings is 2. The highest BCUT2D eigenvalue weighted by atomic mass is 35.5. The molecule has 0 atom stereocenters. The van der Waals surface area contributed by atoms with Crippen LogP contribution in [0, 0.1) is 6.92 Å². The number of thioether (sulfide) groups is 1. The molecule has 3 rings (SSSR count). The molecule has 25 heavy (non-hydrogen) atoms. The summed E-state index contributed by atoms with van der Waals surface area (Å²) >= 11 is 7.59. The summed E-state index contributed by atoms with van der Waals surface area (Å²) in [5, 5.41) is 0.911. The molecule has 3 aromatic rings. The number of nitrogens with zero attached hydrogens (tertiary/aromatic N) is 2. The third kappa shape index (κ3) is 4.06. The van der Waals surface area contributed by atoms with E-state index in [1.165, 1.54) is 21.9 Å². The molecule has 1 heterocycles. The van der Waals surface area contributed by atoms with E-state index in [4.69, 9.17) is 16.3 Å². The third-order valence-corrected chi connectivity index (χ3v) is 5.01. The Hall–Kier alpha value is -2.24. The number of hydrogen-bond acceptors (Lipinski definition) is 4. The van der Waals surface area contributed by atoms with Crippen LogP contribution in [-0.2, 0) is 5.75 Å². The monoisotopic (exact) mass is 372 g/mol. The minimum absolute atomic E-state index is 0.165. The molecule has 0 amide bonds. The quantitative estimate of drug-likeness (QED) is 0.619. The van der Waals surface area contributed by atoms with Gasteiger partial charge in [0.25, 0.3) is 5.56 Å². The highest BCUT2D eigenvalue weighted by molar-refractivity contribution is 7.98. The zero-order chi connectivity index (χ0) is 17.8.